The molecule has 0 bridgehead atoms. The normalized spacial score (nSPS) is 28.3. The van der Waals surface area contributed by atoms with Gasteiger partial charge in [-0.3, -0.25) is 0 Å². The van der Waals surface area contributed by atoms with Gasteiger partial charge in [0.2, 0.25) is 0 Å². The van der Waals surface area contributed by atoms with Gasteiger partial charge in [-0.1, -0.05) is 56.0 Å². The average Bonchev–Trinajstić information content (AvgIpc) is 2.40. The molecule has 1 fully saturated rings. The van der Waals surface area contributed by atoms with Crippen molar-refractivity contribution in [1.82, 2.24) is 0 Å². The summed E-state index contributed by atoms with van der Waals surface area (Å²) in [6.45, 7) is 3.06. The molecular weight excluding hydrogens is 242 g/mol. The van der Waals surface area contributed by atoms with Crippen molar-refractivity contribution in [2.24, 2.45) is 17.6 Å². The van der Waals surface area contributed by atoms with E-state index in [1.807, 2.05) is 12.1 Å². The Morgan fingerprint density at radius 2 is 2.06 bits per heavy atom. The van der Waals surface area contributed by atoms with Crippen LogP contribution in [0.15, 0.2) is 24.3 Å². The lowest BCUT2D eigenvalue weighted by atomic mass is 9.70. The fourth-order valence-corrected chi connectivity index (χ4v) is 3.71. The van der Waals surface area contributed by atoms with E-state index in [2.05, 4.69) is 19.1 Å². The van der Waals surface area contributed by atoms with Crippen molar-refractivity contribution in [3.05, 3.63) is 34.9 Å². The molecule has 0 radical (unpaired) electrons. The van der Waals surface area contributed by atoms with Crippen LogP contribution >= 0.6 is 11.6 Å². The molecule has 100 valence electrons. The lowest BCUT2D eigenvalue weighted by Gasteiger charge is -2.36. The van der Waals surface area contributed by atoms with Crippen LogP contribution in [0.2, 0.25) is 5.02 Å². The van der Waals surface area contributed by atoms with E-state index in [4.69, 9.17) is 17.3 Å². The number of hydrogen-bond donors (Lipinski definition) is 1. The largest absolute Gasteiger partial charge is 0.330 e. The molecule has 2 N–H and O–H groups in total. The zero-order chi connectivity index (χ0) is 13.0. The monoisotopic (exact) mass is 265 g/mol. The van der Waals surface area contributed by atoms with E-state index < -0.39 is 0 Å². The van der Waals surface area contributed by atoms with E-state index in [1.165, 1.54) is 37.7 Å². The number of rotatable bonds is 4. The molecule has 0 aromatic heterocycles. The van der Waals surface area contributed by atoms with Crippen molar-refractivity contribution in [3.63, 3.8) is 0 Å². The molecule has 1 aliphatic rings. The van der Waals surface area contributed by atoms with Gasteiger partial charge >= 0.3 is 0 Å². The van der Waals surface area contributed by atoms with Gasteiger partial charge in [0.25, 0.3) is 0 Å². The van der Waals surface area contributed by atoms with Gasteiger partial charge in [0.05, 0.1) is 0 Å². The Hall–Kier alpha value is -0.530. The van der Waals surface area contributed by atoms with Crippen LogP contribution in [0, 0.1) is 11.8 Å². The summed E-state index contributed by atoms with van der Waals surface area (Å²) in [6.07, 6.45) is 6.50. The zero-order valence-electron chi connectivity index (χ0n) is 11.2. The minimum atomic E-state index is 0.564. The third-order valence-electron chi connectivity index (χ3n) is 4.41. The minimum absolute atomic E-state index is 0.564. The first kappa shape index (κ1) is 13.9. The van der Waals surface area contributed by atoms with Crippen LogP contribution in [0.5, 0.6) is 0 Å². The highest BCUT2D eigenvalue weighted by molar-refractivity contribution is 6.31. The van der Waals surface area contributed by atoms with Crippen LogP contribution in [-0.2, 0) is 0 Å². The van der Waals surface area contributed by atoms with Crippen LogP contribution in [0.25, 0.3) is 0 Å². The highest BCUT2D eigenvalue weighted by atomic mass is 35.5. The van der Waals surface area contributed by atoms with Crippen molar-refractivity contribution < 1.29 is 0 Å². The molecule has 2 heteroatoms. The quantitative estimate of drug-likeness (QED) is 0.846. The SMILES string of the molecule is CCCC1CCC(CN)C(c2ccccc2Cl)C1. The average molecular weight is 266 g/mol. The number of halogens is 1. The fourth-order valence-electron chi connectivity index (χ4n) is 3.43. The second-order valence-corrected chi connectivity index (χ2v) is 6.00. The molecule has 3 atom stereocenters. The van der Waals surface area contributed by atoms with Crippen molar-refractivity contribution in [1.29, 1.82) is 0 Å². The Kier molecular flexibility index (Phi) is 5.08. The lowest BCUT2D eigenvalue weighted by Crippen LogP contribution is -2.29. The molecule has 1 aliphatic carbocycles. The van der Waals surface area contributed by atoms with Gasteiger partial charge in [-0.15, -0.1) is 0 Å². The third-order valence-corrected chi connectivity index (χ3v) is 4.75. The van der Waals surface area contributed by atoms with Gasteiger partial charge in [-0.2, -0.15) is 0 Å². The van der Waals surface area contributed by atoms with Gasteiger partial charge in [0.1, 0.15) is 0 Å². The summed E-state index contributed by atoms with van der Waals surface area (Å²) in [7, 11) is 0. The topological polar surface area (TPSA) is 26.0 Å². The molecule has 1 aromatic carbocycles. The molecule has 0 saturated heterocycles. The van der Waals surface area contributed by atoms with E-state index in [9.17, 15) is 0 Å². The minimum Gasteiger partial charge on any atom is -0.330 e. The summed E-state index contributed by atoms with van der Waals surface area (Å²) < 4.78 is 0. The molecule has 0 amide bonds. The molecule has 1 aromatic rings. The Labute approximate surface area is 116 Å². The van der Waals surface area contributed by atoms with E-state index in [1.54, 1.807) is 0 Å². The predicted molar refractivity (Wildman–Crippen MR) is 79.0 cm³/mol. The highest BCUT2D eigenvalue weighted by Gasteiger charge is 2.31. The first-order chi connectivity index (χ1) is 8.76. The summed E-state index contributed by atoms with van der Waals surface area (Å²) in [5.41, 5.74) is 7.27. The molecule has 1 saturated carbocycles. The van der Waals surface area contributed by atoms with E-state index >= 15 is 0 Å². The van der Waals surface area contributed by atoms with Gasteiger partial charge in [0, 0.05) is 5.02 Å². The molecule has 3 unspecified atom stereocenters. The summed E-state index contributed by atoms with van der Waals surface area (Å²) in [5.74, 6) is 2.03. The molecule has 18 heavy (non-hydrogen) atoms. The summed E-state index contributed by atoms with van der Waals surface area (Å²) in [6, 6.07) is 8.30. The van der Waals surface area contributed by atoms with Gasteiger partial charge in [-0.05, 0) is 48.8 Å². The first-order valence-electron chi connectivity index (χ1n) is 7.20. The highest BCUT2D eigenvalue weighted by Crippen LogP contribution is 2.43. The van der Waals surface area contributed by atoms with Crippen LogP contribution in [-0.4, -0.2) is 6.54 Å². The Morgan fingerprint density at radius 3 is 2.72 bits per heavy atom. The molecule has 0 heterocycles. The van der Waals surface area contributed by atoms with Gasteiger partial charge in [0.15, 0.2) is 0 Å². The summed E-state index contributed by atoms with van der Waals surface area (Å²) in [4.78, 5) is 0. The Bertz CT molecular complexity index is 377. The maximum absolute atomic E-state index is 6.36. The van der Waals surface area contributed by atoms with E-state index in [-0.39, 0.29) is 0 Å². The molecule has 2 rings (SSSR count). The zero-order valence-corrected chi connectivity index (χ0v) is 12.0. The van der Waals surface area contributed by atoms with E-state index in [0.29, 0.717) is 11.8 Å². The fraction of sp³-hybridized carbons (Fsp3) is 0.625. The molecule has 0 spiro atoms. The maximum Gasteiger partial charge on any atom is 0.0440 e. The molecule has 0 aliphatic heterocycles. The number of benzene rings is 1. The van der Waals surface area contributed by atoms with Gasteiger partial charge < -0.3 is 5.73 Å². The van der Waals surface area contributed by atoms with Gasteiger partial charge in [-0.25, -0.2) is 0 Å². The Morgan fingerprint density at radius 1 is 1.28 bits per heavy atom. The van der Waals surface area contributed by atoms with Crippen molar-refractivity contribution in [3.8, 4) is 0 Å². The second-order valence-electron chi connectivity index (χ2n) is 5.59. The lowest BCUT2D eigenvalue weighted by molar-refractivity contribution is 0.230. The Balaban J connectivity index is 2.18. The van der Waals surface area contributed by atoms with Crippen molar-refractivity contribution >= 4 is 11.6 Å². The number of hydrogen-bond acceptors (Lipinski definition) is 1. The maximum atomic E-state index is 6.36. The predicted octanol–water partition coefficient (Wildman–Crippen LogP) is 4.60. The van der Waals surface area contributed by atoms with E-state index in [0.717, 1.165) is 17.5 Å². The standard InChI is InChI=1S/C16H24ClN/c1-2-5-12-8-9-13(11-18)15(10-12)14-6-3-4-7-16(14)17/h3-4,6-7,12-13,15H,2,5,8-11,18H2,1H3. The van der Waals surface area contributed by atoms with Crippen LogP contribution in [0.1, 0.15) is 50.5 Å². The summed E-state index contributed by atoms with van der Waals surface area (Å²) in [5, 5.41) is 0.915. The molecular formula is C16H24ClN. The van der Waals surface area contributed by atoms with Crippen LogP contribution in [0.4, 0.5) is 0 Å². The smallest absolute Gasteiger partial charge is 0.0440 e. The summed E-state index contributed by atoms with van der Waals surface area (Å²) >= 11 is 6.36. The third kappa shape index (κ3) is 3.07. The number of nitrogens with two attached hydrogens (primary N) is 1. The second kappa shape index (κ2) is 6.58. The van der Waals surface area contributed by atoms with Crippen LogP contribution < -0.4 is 5.73 Å². The van der Waals surface area contributed by atoms with Crippen LogP contribution in [0.3, 0.4) is 0 Å². The first-order valence-corrected chi connectivity index (χ1v) is 7.58. The van der Waals surface area contributed by atoms with Crippen molar-refractivity contribution in [2.75, 3.05) is 6.54 Å². The van der Waals surface area contributed by atoms with Crippen molar-refractivity contribution in [2.45, 2.75) is 44.9 Å². The molecule has 1 nitrogen and oxygen atoms in total.